The fourth-order valence-electron chi connectivity index (χ4n) is 2.21. The molecule has 0 aliphatic rings. The summed E-state index contributed by atoms with van der Waals surface area (Å²) in [5, 5.41) is 14.3. The first-order valence-electron chi connectivity index (χ1n) is 7.88. The van der Waals surface area contributed by atoms with Crippen molar-refractivity contribution in [2.75, 3.05) is 24.4 Å². The molecule has 25 heavy (non-hydrogen) atoms. The lowest BCUT2D eigenvalue weighted by Crippen LogP contribution is -2.04. The molecule has 3 aromatic rings. The highest BCUT2D eigenvalue weighted by molar-refractivity contribution is 5.63. The molecule has 0 saturated heterocycles. The molecule has 0 saturated carbocycles. The van der Waals surface area contributed by atoms with Gasteiger partial charge in [0.1, 0.15) is 11.5 Å². The van der Waals surface area contributed by atoms with Gasteiger partial charge in [0.05, 0.1) is 25.6 Å². The zero-order valence-electron chi connectivity index (χ0n) is 14.1. The topological polar surface area (TPSA) is 81.2 Å². The molecule has 0 unspecified atom stereocenters. The maximum Gasteiger partial charge on any atom is 0.249 e. The molecule has 0 fully saturated rings. The number of benzene rings is 2. The summed E-state index contributed by atoms with van der Waals surface area (Å²) in [7, 11) is 1.63. The zero-order valence-corrected chi connectivity index (χ0v) is 14.1. The summed E-state index contributed by atoms with van der Waals surface area (Å²) in [6.07, 6.45) is 1.56. The van der Waals surface area contributed by atoms with Crippen LogP contribution in [0.25, 0.3) is 0 Å². The Morgan fingerprint density at radius 1 is 1.00 bits per heavy atom. The molecule has 2 aromatic carbocycles. The second-order valence-electron chi connectivity index (χ2n) is 5.07. The van der Waals surface area contributed by atoms with Gasteiger partial charge in [-0.1, -0.05) is 12.1 Å². The maximum atomic E-state index is 5.59. The van der Waals surface area contributed by atoms with Crippen LogP contribution >= 0.6 is 0 Å². The summed E-state index contributed by atoms with van der Waals surface area (Å²) in [4.78, 5) is 4.42. The Kier molecular flexibility index (Phi) is 5.26. The predicted molar refractivity (Wildman–Crippen MR) is 97.0 cm³/mol. The summed E-state index contributed by atoms with van der Waals surface area (Å²) in [5.41, 5.74) is 1.66. The quantitative estimate of drug-likeness (QED) is 0.679. The molecule has 7 heteroatoms. The molecule has 7 nitrogen and oxygen atoms in total. The van der Waals surface area contributed by atoms with Gasteiger partial charge in [0.15, 0.2) is 5.82 Å². The van der Waals surface area contributed by atoms with Crippen molar-refractivity contribution < 1.29 is 9.47 Å². The molecule has 2 N–H and O–H groups in total. The standard InChI is InChI=1S/C18H19N5O2/c1-3-25-16-7-5-4-6-15(16)21-18-22-17(12-19-23-18)20-13-8-10-14(24-2)11-9-13/h4-12H,3H2,1-2H3,(H2,20,21,22,23). The van der Waals surface area contributed by atoms with E-state index in [-0.39, 0.29) is 0 Å². The molecule has 3 rings (SSSR count). The van der Waals surface area contributed by atoms with E-state index in [1.807, 2.05) is 55.5 Å². The first-order chi connectivity index (χ1) is 12.3. The number of para-hydroxylation sites is 2. The Labute approximate surface area is 146 Å². The summed E-state index contributed by atoms with van der Waals surface area (Å²) in [5.74, 6) is 2.49. The van der Waals surface area contributed by atoms with E-state index in [2.05, 4.69) is 25.8 Å². The lowest BCUT2D eigenvalue weighted by atomic mass is 10.3. The molecule has 0 atom stereocenters. The van der Waals surface area contributed by atoms with E-state index in [1.165, 1.54) is 0 Å². The minimum atomic E-state index is 0.380. The van der Waals surface area contributed by atoms with Gasteiger partial charge in [-0.25, -0.2) is 0 Å². The van der Waals surface area contributed by atoms with E-state index >= 15 is 0 Å². The molecular weight excluding hydrogens is 318 g/mol. The SMILES string of the molecule is CCOc1ccccc1Nc1nncc(Nc2ccc(OC)cc2)n1. The fourth-order valence-corrected chi connectivity index (χ4v) is 2.21. The average Bonchev–Trinajstić information content (AvgIpc) is 2.65. The number of hydrogen-bond donors (Lipinski definition) is 2. The number of ether oxygens (including phenoxy) is 2. The van der Waals surface area contributed by atoms with Crippen LogP contribution in [-0.4, -0.2) is 28.9 Å². The van der Waals surface area contributed by atoms with Crippen LogP contribution < -0.4 is 20.1 Å². The minimum absolute atomic E-state index is 0.380. The first-order valence-corrected chi connectivity index (χ1v) is 7.88. The Morgan fingerprint density at radius 2 is 1.80 bits per heavy atom. The molecule has 1 heterocycles. The number of hydrogen-bond acceptors (Lipinski definition) is 7. The molecule has 0 bridgehead atoms. The molecule has 1 aromatic heterocycles. The Morgan fingerprint density at radius 3 is 2.56 bits per heavy atom. The smallest absolute Gasteiger partial charge is 0.249 e. The van der Waals surface area contributed by atoms with Crippen molar-refractivity contribution >= 4 is 23.1 Å². The van der Waals surface area contributed by atoms with Gasteiger partial charge in [-0.3, -0.25) is 0 Å². The van der Waals surface area contributed by atoms with Crippen molar-refractivity contribution in [1.82, 2.24) is 15.2 Å². The van der Waals surface area contributed by atoms with Crippen molar-refractivity contribution in [1.29, 1.82) is 0 Å². The molecule has 128 valence electrons. The van der Waals surface area contributed by atoms with Crippen molar-refractivity contribution in [3.05, 3.63) is 54.7 Å². The number of aromatic nitrogens is 3. The van der Waals surface area contributed by atoms with Gasteiger partial charge in [0, 0.05) is 5.69 Å². The van der Waals surface area contributed by atoms with Crippen LogP contribution in [-0.2, 0) is 0 Å². The highest BCUT2D eigenvalue weighted by Crippen LogP contribution is 2.26. The minimum Gasteiger partial charge on any atom is -0.497 e. The number of nitrogens with one attached hydrogen (secondary N) is 2. The predicted octanol–water partition coefficient (Wildman–Crippen LogP) is 3.77. The average molecular weight is 337 g/mol. The van der Waals surface area contributed by atoms with E-state index in [9.17, 15) is 0 Å². The van der Waals surface area contributed by atoms with Crippen LogP contribution in [0.15, 0.2) is 54.7 Å². The molecule has 0 radical (unpaired) electrons. The Bertz CT molecular complexity index is 824. The summed E-state index contributed by atoms with van der Waals surface area (Å²) < 4.78 is 10.7. The van der Waals surface area contributed by atoms with Crippen LogP contribution in [0.1, 0.15) is 6.92 Å². The van der Waals surface area contributed by atoms with E-state index in [1.54, 1.807) is 13.3 Å². The van der Waals surface area contributed by atoms with Gasteiger partial charge >= 0.3 is 0 Å². The van der Waals surface area contributed by atoms with Crippen molar-refractivity contribution in [3.8, 4) is 11.5 Å². The monoisotopic (exact) mass is 337 g/mol. The van der Waals surface area contributed by atoms with Crippen molar-refractivity contribution in [2.24, 2.45) is 0 Å². The molecule has 0 aliphatic carbocycles. The summed E-state index contributed by atoms with van der Waals surface area (Å²) >= 11 is 0. The lowest BCUT2D eigenvalue weighted by Gasteiger charge is -2.11. The molecular formula is C18H19N5O2. The Hall–Kier alpha value is -3.35. The van der Waals surface area contributed by atoms with Crippen LogP contribution in [0, 0.1) is 0 Å². The maximum absolute atomic E-state index is 5.59. The summed E-state index contributed by atoms with van der Waals surface area (Å²) in [6, 6.07) is 15.2. The number of methoxy groups -OCH3 is 1. The van der Waals surface area contributed by atoms with Crippen LogP contribution in [0.3, 0.4) is 0 Å². The van der Waals surface area contributed by atoms with Gasteiger partial charge in [-0.2, -0.15) is 10.1 Å². The number of anilines is 4. The largest absolute Gasteiger partial charge is 0.497 e. The van der Waals surface area contributed by atoms with Gasteiger partial charge in [0.25, 0.3) is 0 Å². The second-order valence-corrected chi connectivity index (χ2v) is 5.07. The molecule has 0 spiro atoms. The van der Waals surface area contributed by atoms with Gasteiger partial charge in [-0.05, 0) is 43.3 Å². The fraction of sp³-hybridized carbons (Fsp3) is 0.167. The first kappa shape index (κ1) is 16.5. The van der Waals surface area contributed by atoms with Crippen LogP contribution in [0.4, 0.5) is 23.1 Å². The van der Waals surface area contributed by atoms with E-state index in [0.717, 1.165) is 22.9 Å². The van der Waals surface area contributed by atoms with E-state index in [0.29, 0.717) is 18.4 Å². The molecule has 0 aliphatic heterocycles. The third kappa shape index (κ3) is 4.35. The van der Waals surface area contributed by atoms with Gasteiger partial charge in [-0.15, -0.1) is 5.10 Å². The van der Waals surface area contributed by atoms with Crippen molar-refractivity contribution in [2.45, 2.75) is 6.92 Å². The van der Waals surface area contributed by atoms with Gasteiger partial charge < -0.3 is 20.1 Å². The molecule has 0 amide bonds. The number of rotatable bonds is 7. The summed E-state index contributed by atoms with van der Waals surface area (Å²) in [6.45, 7) is 2.52. The highest BCUT2D eigenvalue weighted by atomic mass is 16.5. The normalized spacial score (nSPS) is 10.2. The lowest BCUT2D eigenvalue weighted by molar-refractivity contribution is 0.342. The van der Waals surface area contributed by atoms with E-state index in [4.69, 9.17) is 9.47 Å². The zero-order chi connectivity index (χ0) is 17.5. The Balaban J connectivity index is 1.75. The number of nitrogens with zero attached hydrogens (tertiary/aromatic N) is 3. The van der Waals surface area contributed by atoms with Crippen LogP contribution in [0.2, 0.25) is 0 Å². The van der Waals surface area contributed by atoms with Gasteiger partial charge in [0.2, 0.25) is 5.95 Å². The van der Waals surface area contributed by atoms with Crippen LogP contribution in [0.5, 0.6) is 11.5 Å². The highest BCUT2D eigenvalue weighted by Gasteiger charge is 2.06. The van der Waals surface area contributed by atoms with E-state index < -0.39 is 0 Å². The second kappa shape index (κ2) is 7.96. The third-order valence-electron chi connectivity index (χ3n) is 3.35. The van der Waals surface area contributed by atoms with Crippen molar-refractivity contribution in [3.63, 3.8) is 0 Å². The third-order valence-corrected chi connectivity index (χ3v) is 3.35.